The number of carbonyl (C=O) groups excluding carboxylic acids is 2. The fraction of sp³-hybridized carbons (Fsp3) is 0.333. The molecule has 7 nitrogen and oxygen atoms in total. The Morgan fingerprint density at radius 2 is 1.64 bits per heavy atom. The highest BCUT2D eigenvalue weighted by atomic mass is 35.5. The molecular weight excluding hydrogens is 516 g/mol. The fourth-order valence-corrected chi connectivity index (χ4v) is 4.54. The monoisotopic (exact) mass is 537 g/mol. The summed E-state index contributed by atoms with van der Waals surface area (Å²) in [6.45, 7) is 2.89. The smallest absolute Gasteiger partial charge is 0.244 e. The summed E-state index contributed by atoms with van der Waals surface area (Å²) in [6, 6.07) is 7.00. The third-order valence-electron chi connectivity index (χ3n) is 4.72. The maximum absolute atomic E-state index is 13.3. The van der Waals surface area contributed by atoms with E-state index < -0.39 is 40.2 Å². The summed E-state index contributed by atoms with van der Waals surface area (Å²) in [6.07, 6.45) is 0.913. The van der Waals surface area contributed by atoms with Gasteiger partial charge in [0.2, 0.25) is 21.8 Å². The largest absolute Gasteiger partial charge is 0.355 e. The van der Waals surface area contributed by atoms with E-state index in [1.165, 1.54) is 48.2 Å². The van der Waals surface area contributed by atoms with Crippen molar-refractivity contribution in [3.8, 4) is 0 Å². The van der Waals surface area contributed by atoms with Crippen LogP contribution in [0.2, 0.25) is 15.1 Å². The number of halogens is 4. The molecule has 0 saturated carbocycles. The maximum atomic E-state index is 13.3. The van der Waals surface area contributed by atoms with Crippen molar-refractivity contribution in [2.75, 3.05) is 23.7 Å². The van der Waals surface area contributed by atoms with E-state index in [0.29, 0.717) is 12.1 Å². The Hall–Kier alpha value is -2.07. The zero-order valence-corrected chi connectivity index (χ0v) is 21.2. The van der Waals surface area contributed by atoms with Crippen molar-refractivity contribution in [3.63, 3.8) is 0 Å². The molecule has 12 heteroatoms. The van der Waals surface area contributed by atoms with Crippen LogP contribution >= 0.6 is 34.8 Å². The second kappa shape index (κ2) is 11.4. The highest BCUT2D eigenvalue weighted by Gasteiger charge is 2.31. The lowest BCUT2D eigenvalue weighted by atomic mass is 10.1. The second-order valence-corrected chi connectivity index (χ2v) is 10.3. The van der Waals surface area contributed by atoms with Gasteiger partial charge in [-0.1, -0.05) is 46.9 Å². The number of nitrogens with zero attached hydrogens (tertiary/aromatic N) is 2. The summed E-state index contributed by atoms with van der Waals surface area (Å²) in [5.41, 5.74) is 0.522. The average molecular weight is 539 g/mol. The van der Waals surface area contributed by atoms with E-state index in [1.54, 1.807) is 6.92 Å². The van der Waals surface area contributed by atoms with Crippen LogP contribution < -0.4 is 9.62 Å². The van der Waals surface area contributed by atoms with Crippen LogP contribution in [0.1, 0.15) is 19.4 Å². The van der Waals surface area contributed by atoms with Crippen molar-refractivity contribution in [1.82, 2.24) is 10.2 Å². The summed E-state index contributed by atoms with van der Waals surface area (Å²) < 4.78 is 39.2. The lowest BCUT2D eigenvalue weighted by Gasteiger charge is -2.31. The molecule has 0 bridgehead atoms. The minimum atomic E-state index is -3.98. The molecule has 0 aliphatic carbocycles. The van der Waals surface area contributed by atoms with Gasteiger partial charge in [0, 0.05) is 13.1 Å². The molecule has 0 spiro atoms. The standard InChI is InChI=1S/C21H23Cl3FN3O4S/c1-4-26-21(30)13(2)27(11-14-5-7-15(25)8-6-14)20(29)12-28(33(3,31)32)19-10-17(23)16(22)9-18(19)24/h5-10,13H,4,11-12H2,1-3H3,(H,26,30)/t13-/m0/s1. The molecule has 1 N–H and O–H groups in total. The molecule has 1 atom stereocenters. The van der Waals surface area contributed by atoms with Gasteiger partial charge in [-0.25, -0.2) is 12.8 Å². The van der Waals surface area contributed by atoms with Gasteiger partial charge < -0.3 is 10.2 Å². The third kappa shape index (κ3) is 7.20. The van der Waals surface area contributed by atoms with Crippen molar-refractivity contribution in [2.24, 2.45) is 0 Å². The molecule has 0 aromatic heterocycles. The van der Waals surface area contributed by atoms with E-state index in [4.69, 9.17) is 34.8 Å². The van der Waals surface area contributed by atoms with Crippen LogP contribution in [0.3, 0.4) is 0 Å². The number of nitrogens with one attached hydrogen (secondary N) is 1. The van der Waals surface area contributed by atoms with Crippen LogP contribution in [0.15, 0.2) is 36.4 Å². The summed E-state index contributed by atoms with van der Waals surface area (Å²) in [7, 11) is -3.98. The number of likely N-dealkylation sites (N-methyl/N-ethyl adjacent to an activating group) is 1. The lowest BCUT2D eigenvalue weighted by molar-refractivity contribution is -0.139. The topological polar surface area (TPSA) is 86.8 Å². The number of benzene rings is 2. The first-order valence-corrected chi connectivity index (χ1v) is 12.8. The summed E-state index contributed by atoms with van der Waals surface area (Å²) >= 11 is 18.2. The van der Waals surface area contributed by atoms with Crippen molar-refractivity contribution in [1.29, 1.82) is 0 Å². The van der Waals surface area contributed by atoms with Gasteiger partial charge in [0.05, 0.1) is 27.0 Å². The van der Waals surface area contributed by atoms with Gasteiger partial charge in [-0.05, 0) is 43.7 Å². The minimum Gasteiger partial charge on any atom is -0.355 e. The molecule has 33 heavy (non-hydrogen) atoms. The highest BCUT2D eigenvalue weighted by molar-refractivity contribution is 7.92. The quantitative estimate of drug-likeness (QED) is 0.487. The van der Waals surface area contributed by atoms with Crippen LogP contribution in [0, 0.1) is 5.82 Å². The molecule has 0 aliphatic rings. The Morgan fingerprint density at radius 1 is 1.06 bits per heavy atom. The molecule has 0 saturated heterocycles. The molecule has 180 valence electrons. The normalized spacial score (nSPS) is 12.2. The van der Waals surface area contributed by atoms with Crippen LogP contribution in [0.5, 0.6) is 0 Å². The Morgan fingerprint density at radius 3 is 2.18 bits per heavy atom. The molecule has 0 radical (unpaired) electrons. The number of rotatable bonds is 9. The fourth-order valence-electron chi connectivity index (χ4n) is 2.99. The van der Waals surface area contributed by atoms with Crippen LogP contribution in [0.25, 0.3) is 0 Å². The summed E-state index contributed by atoms with van der Waals surface area (Å²) in [5.74, 6) is -1.55. The van der Waals surface area contributed by atoms with Gasteiger partial charge in [-0.15, -0.1) is 0 Å². The number of carbonyl (C=O) groups is 2. The molecule has 0 unspecified atom stereocenters. The van der Waals surface area contributed by atoms with E-state index >= 15 is 0 Å². The SMILES string of the molecule is CCNC(=O)[C@H](C)N(Cc1ccc(F)cc1)C(=O)CN(c1cc(Cl)c(Cl)cc1Cl)S(C)(=O)=O. The first kappa shape index (κ1) is 27.2. The van der Waals surface area contributed by atoms with Gasteiger partial charge in [-0.3, -0.25) is 13.9 Å². The van der Waals surface area contributed by atoms with Crippen molar-refractivity contribution in [3.05, 3.63) is 62.8 Å². The van der Waals surface area contributed by atoms with E-state index in [-0.39, 0.29) is 27.3 Å². The molecular formula is C21H23Cl3FN3O4S. The van der Waals surface area contributed by atoms with Gasteiger partial charge in [0.15, 0.2) is 0 Å². The molecule has 2 amide bonds. The predicted molar refractivity (Wildman–Crippen MR) is 129 cm³/mol. The van der Waals surface area contributed by atoms with E-state index in [0.717, 1.165) is 10.6 Å². The number of hydrogen-bond donors (Lipinski definition) is 1. The van der Waals surface area contributed by atoms with Crippen molar-refractivity contribution >= 4 is 62.3 Å². The van der Waals surface area contributed by atoms with Crippen LogP contribution in [-0.4, -0.2) is 50.5 Å². The molecule has 2 aromatic carbocycles. The van der Waals surface area contributed by atoms with Crippen molar-refractivity contribution < 1.29 is 22.4 Å². The second-order valence-electron chi connectivity index (χ2n) is 7.21. The maximum Gasteiger partial charge on any atom is 0.244 e. The van der Waals surface area contributed by atoms with Gasteiger partial charge >= 0.3 is 0 Å². The first-order valence-electron chi connectivity index (χ1n) is 9.79. The Labute approximate surface area is 207 Å². The van der Waals surface area contributed by atoms with Gasteiger partial charge in [0.25, 0.3) is 0 Å². The third-order valence-corrected chi connectivity index (χ3v) is 6.87. The highest BCUT2D eigenvalue weighted by Crippen LogP contribution is 2.35. The van der Waals surface area contributed by atoms with E-state index in [2.05, 4.69) is 5.32 Å². The molecule has 0 aliphatic heterocycles. The Kier molecular flexibility index (Phi) is 9.37. The molecule has 0 fully saturated rings. The first-order chi connectivity index (χ1) is 15.3. The minimum absolute atomic E-state index is 0.0236. The molecule has 2 rings (SSSR count). The van der Waals surface area contributed by atoms with E-state index in [1.807, 2.05) is 0 Å². The lowest BCUT2D eigenvalue weighted by Crippen LogP contribution is -2.51. The van der Waals surface area contributed by atoms with Crippen LogP contribution in [-0.2, 0) is 26.2 Å². The summed E-state index contributed by atoms with van der Waals surface area (Å²) in [4.78, 5) is 27.0. The Bertz CT molecular complexity index is 1130. The zero-order valence-electron chi connectivity index (χ0n) is 18.1. The number of sulfonamides is 1. The number of anilines is 1. The molecule has 2 aromatic rings. The van der Waals surface area contributed by atoms with Gasteiger partial charge in [-0.2, -0.15) is 0 Å². The molecule has 0 heterocycles. The average Bonchev–Trinajstić information content (AvgIpc) is 2.73. The summed E-state index contributed by atoms with van der Waals surface area (Å²) in [5, 5.41) is 2.78. The van der Waals surface area contributed by atoms with Gasteiger partial charge in [0.1, 0.15) is 18.4 Å². The number of hydrogen-bond acceptors (Lipinski definition) is 4. The van der Waals surface area contributed by atoms with Crippen LogP contribution in [0.4, 0.5) is 10.1 Å². The van der Waals surface area contributed by atoms with Crippen molar-refractivity contribution in [2.45, 2.75) is 26.4 Å². The number of amides is 2. The zero-order chi connectivity index (χ0) is 24.9. The van der Waals surface area contributed by atoms with E-state index in [9.17, 15) is 22.4 Å². The Balaban J connectivity index is 2.44. The predicted octanol–water partition coefficient (Wildman–Crippen LogP) is 4.11.